The first-order valence-corrected chi connectivity index (χ1v) is 7.46. The van der Waals surface area contributed by atoms with Crippen molar-refractivity contribution >= 4 is 29.5 Å². The number of pyridine rings is 1. The maximum absolute atomic E-state index is 11.8. The van der Waals surface area contributed by atoms with E-state index in [2.05, 4.69) is 10.3 Å². The van der Waals surface area contributed by atoms with Gasteiger partial charge in [-0.3, -0.25) is 4.98 Å². The molecule has 1 N–H and O–H groups in total. The maximum atomic E-state index is 11.8. The Bertz CT molecular complexity index is 435. The quantitative estimate of drug-likeness (QED) is 0.854. The van der Waals surface area contributed by atoms with Gasteiger partial charge in [-0.2, -0.15) is 0 Å². The molecule has 0 spiro atoms. The summed E-state index contributed by atoms with van der Waals surface area (Å²) >= 11 is 7.69. The highest BCUT2D eigenvalue weighted by atomic mass is 35.5. The number of nitrogens with one attached hydrogen (secondary N) is 1. The lowest BCUT2D eigenvalue weighted by atomic mass is 10.2. The molecule has 0 saturated heterocycles. The van der Waals surface area contributed by atoms with Gasteiger partial charge in [0, 0.05) is 23.0 Å². The van der Waals surface area contributed by atoms with Crippen LogP contribution in [0.4, 0.5) is 4.79 Å². The van der Waals surface area contributed by atoms with Crippen LogP contribution in [0.3, 0.4) is 0 Å². The van der Waals surface area contributed by atoms with Crippen molar-refractivity contribution in [2.45, 2.75) is 38.7 Å². The minimum Gasteiger partial charge on any atom is -0.444 e. The SMILES string of the molecule is CCSC(NC(=O)OC(C)(C)C)c1cnccc1Cl. The largest absolute Gasteiger partial charge is 0.444 e. The molecule has 0 aromatic carbocycles. The van der Waals surface area contributed by atoms with Crippen LogP contribution in [-0.2, 0) is 4.74 Å². The molecular weight excluding hydrogens is 284 g/mol. The van der Waals surface area contributed by atoms with Gasteiger partial charge in [0.1, 0.15) is 11.0 Å². The third-order valence-corrected chi connectivity index (χ3v) is 3.44. The Kier molecular flexibility index (Phi) is 5.94. The van der Waals surface area contributed by atoms with E-state index in [1.54, 1.807) is 30.2 Å². The lowest BCUT2D eigenvalue weighted by Crippen LogP contribution is -2.34. The average molecular weight is 303 g/mol. The average Bonchev–Trinajstić information content (AvgIpc) is 2.26. The van der Waals surface area contributed by atoms with Crippen LogP contribution < -0.4 is 5.32 Å². The second-order valence-electron chi connectivity index (χ2n) is 4.88. The molecule has 1 amide bonds. The summed E-state index contributed by atoms with van der Waals surface area (Å²) < 4.78 is 5.25. The summed E-state index contributed by atoms with van der Waals surface area (Å²) in [5.41, 5.74) is 0.256. The molecule has 1 atom stereocenters. The van der Waals surface area contributed by atoms with E-state index >= 15 is 0 Å². The number of rotatable bonds is 4. The molecule has 4 nitrogen and oxygen atoms in total. The van der Waals surface area contributed by atoms with Crippen molar-refractivity contribution in [1.82, 2.24) is 10.3 Å². The molecule has 1 unspecified atom stereocenters. The van der Waals surface area contributed by atoms with Crippen molar-refractivity contribution in [3.8, 4) is 0 Å². The molecule has 19 heavy (non-hydrogen) atoms. The van der Waals surface area contributed by atoms with Gasteiger partial charge in [-0.15, -0.1) is 11.8 Å². The summed E-state index contributed by atoms with van der Waals surface area (Å²) in [7, 11) is 0. The van der Waals surface area contributed by atoms with Crippen molar-refractivity contribution in [1.29, 1.82) is 0 Å². The van der Waals surface area contributed by atoms with E-state index in [1.165, 1.54) is 0 Å². The molecular formula is C13H19ClN2O2S. The Hall–Kier alpha value is -0.940. The number of aromatic nitrogens is 1. The first kappa shape index (κ1) is 16.1. The zero-order valence-corrected chi connectivity index (χ0v) is 13.1. The summed E-state index contributed by atoms with van der Waals surface area (Å²) in [6.07, 6.45) is 2.82. The van der Waals surface area contributed by atoms with E-state index in [0.29, 0.717) is 5.02 Å². The molecule has 6 heteroatoms. The first-order chi connectivity index (χ1) is 8.83. The number of carbonyl (C=O) groups is 1. The third kappa shape index (κ3) is 5.70. The number of thioether (sulfide) groups is 1. The number of carbonyl (C=O) groups excluding carboxylic acids is 1. The van der Waals surface area contributed by atoms with Crippen LogP contribution in [0.15, 0.2) is 18.5 Å². The molecule has 0 saturated carbocycles. The van der Waals surface area contributed by atoms with Gasteiger partial charge in [-0.25, -0.2) is 4.79 Å². The molecule has 0 aliphatic carbocycles. The second-order valence-corrected chi connectivity index (χ2v) is 6.67. The van der Waals surface area contributed by atoms with E-state index in [1.807, 2.05) is 27.7 Å². The fourth-order valence-corrected chi connectivity index (χ4v) is 2.53. The Morgan fingerprint density at radius 3 is 2.79 bits per heavy atom. The summed E-state index contributed by atoms with van der Waals surface area (Å²) in [5.74, 6) is 0.839. The van der Waals surface area contributed by atoms with Crippen molar-refractivity contribution in [2.24, 2.45) is 0 Å². The fraction of sp³-hybridized carbons (Fsp3) is 0.538. The van der Waals surface area contributed by atoms with Crippen molar-refractivity contribution in [2.75, 3.05) is 5.75 Å². The van der Waals surface area contributed by atoms with Gasteiger partial charge >= 0.3 is 6.09 Å². The Morgan fingerprint density at radius 2 is 2.26 bits per heavy atom. The lowest BCUT2D eigenvalue weighted by Gasteiger charge is -2.23. The molecule has 106 valence electrons. The second kappa shape index (κ2) is 7.01. The van der Waals surface area contributed by atoms with Crippen molar-refractivity contribution in [3.63, 3.8) is 0 Å². The van der Waals surface area contributed by atoms with Crippen LogP contribution >= 0.6 is 23.4 Å². The summed E-state index contributed by atoms with van der Waals surface area (Å²) in [6, 6.07) is 1.71. The van der Waals surface area contributed by atoms with Crippen LogP contribution in [0.25, 0.3) is 0 Å². The monoisotopic (exact) mass is 302 g/mol. The van der Waals surface area contributed by atoms with Crippen LogP contribution in [0.2, 0.25) is 5.02 Å². The minimum atomic E-state index is -0.524. The molecule has 1 aromatic heterocycles. The predicted molar refractivity (Wildman–Crippen MR) is 79.5 cm³/mol. The summed E-state index contributed by atoms with van der Waals surface area (Å²) in [4.78, 5) is 15.9. The first-order valence-electron chi connectivity index (χ1n) is 6.04. The molecule has 1 heterocycles. The third-order valence-electron chi connectivity index (χ3n) is 2.06. The van der Waals surface area contributed by atoms with Crippen LogP contribution in [0.5, 0.6) is 0 Å². The van der Waals surface area contributed by atoms with Crippen LogP contribution in [0.1, 0.15) is 38.6 Å². The Labute approximate surface area is 123 Å². The molecule has 0 bridgehead atoms. The number of hydrogen-bond donors (Lipinski definition) is 1. The minimum absolute atomic E-state index is 0.263. The molecule has 0 aliphatic heterocycles. The molecule has 0 aliphatic rings. The number of nitrogens with zero attached hydrogens (tertiary/aromatic N) is 1. The highest BCUT2D eigenvalue weighted by Crippen LogP contribution is 2.30. The van der Waals surface area contributed by atoms with E-state index < -0.39 is 11.7 Å². The number of hydrogen-bond acceptors (Lipinski definition) is 4. The Morgan fingerprint density at radius 1 is 1.58 bits per heavy atom. The number of amides is 1. The zero-order valence-electron chi connectivity index (χ0n) is 11.6. The van der Waals surface area contributed by atoms with E-state index in [0.717, 1.165) is 11.3 Å². The Balaban J connectivity index is 2.79. The molecule has 0 fully saturated rings. The molecule has 0 radical (unpaired) electrons. The van der Waals surface area contributed by atoms with Crippen LogP contribution in [0, 0.1) is 0 Å². The van der Waals surface area contributed by atoms with Gasteiger partial charge in [0.2, 0.25) is 0 Å². The highest BCUT2D eigenvalue weighted by Gasteiger charge is 2.21. The lowest BCUT2D eigenvalue weighted by molar-refractivity contribution is 0.0521. The maximum Gasteiger partial charge on any atom is 0.408 e. The smallest absolute Gasteiger partial charge is 0.408 e. The van der Waals surface area contributed by atoms with Gasteiger partial charge in [-0.05, 0) is 32.6 Å². The predicted octanol–water partition coefficient (Wildman–Crippen LogP) is 4.01. The highest BCUT2D eigenvalue weighted by molar-refractivity contribution is 7.99. The normalized spacial score (nSPS) is 12.9. The van der Waals surface area contributed by atoms with Crippen LogP contribution in [-0.4, -0.2) is 22.4 Å². The fourth-order valence-electron chi connectivity index (χ4n) is 1.37. The number of ether oxygens (including phenoxy) is 1. The zero-order chi connectivity index (χ0) is 14.5. The molecule has 1 aromatic rings. The van der Waals surface area contributed by atoms with Gasteiger partial charge in [0.05, 0.1) is 0 Å². The molecule has 1 rings (SSSR count). The van der Waals surface area contributed by atoms with Gasteiger partial charge < -0.3 is 10.1 Å². The van der Waals surface area contributed by atoms with Crippen molar-refractivity contribution < 1.29 is 9.53 Å². The number of halogens is 1. The summed E-state index contributed by atoms with van der Waals surface area (Å²) in [5, 5.41) is 3.13. The van der Waals surface area contributed by atoms with Gasteiger partial charge in [-0.1, -0.05) is 18.5 Å². The van der Waals surface area contributed by atoms with Gasteiger partial charge in [0.15, 0.2) is 0 Å². The van der Waals surface area contributed by atoms with E-state index in [9.17, 15) is 4.79 Å². The van der Waals surface area contributed by atoms with E-state index in [4.69, 9.17) is 16.3 Å². The van der Waals surface area contributed by atoms with E-state index in [-0.39, 0.29) is 5.37 Å². The number of alkyl carbamates (subject to hydrolysis) is 1. The topological polar surface area (TPSA) is 51.2 Å². The van der Waals surface area contributed by atoms with Crippen molar-refractivity contribution in [3.05, 3.63) is 29.0 Å². The van der Waals surface area contributed by atoms with Gasteiger partial charge in [0.25, 0.3) is 0 Å². The standard InChI is InChI=1S/C13H19ClN2O2S/c1-5-19-11(9-8-15-7-6-10(9)14)16-12(17)18-13(2,3)4/h6-8,11H,5H2,1-4H3,(H,16,17). The summed E-state index contributed by atoms with van der Waals surface area (Å²) in [6.45, 7) is 7.49.